The van der Waals surface area contributed by atoms with Crippen LogP contribution in [0, 0.1) is 0 Å². The number of sulfonamides is 1. The minimum atomic E-state index is -4.06. The summed E-state index contributed by atoms with van der Waals surface area (Å²) in [6.07, 6.45) is 0. The number of anilines is 1. The molecule has 0 atom stereocenters. The summed E-state index contributed by atoms with van der Waals surface area (Å²) in [5.74, 6) is -1.73. The maximum absolute atomic E-state index is 13.8. The number of nitrogens with one attached hydrogen (secondary N) is 1. The number of carbonyl (C=O) groups excluding carboxylic acids is 3. The first-order valence-electron chi connectivity index (χ1n) is 14.1. The smallest absolute Gasteiger partial charge is 0.270 e. The standard InChI is InChI=1S/C34H28N2O7S/c1-3-42-30-26-11-7-8-12-27(26)31(43-4-2)29-28(30)33(38)36(34(29)39)25-17-13-21(14-18-25)20-44(40,41)35-32(37)24-16-15-22-9-5-6-10-23(22)19-24/h5-19H,3-4,20H2,1-2H3,(H,35,37). The third-order valence-corrected chi connectivity index (χ3v) is 8.55. The number of hydrogen-bond donors (Lipinski definition) is 1. The van der Waals surface area contributed by atoms with E-state index >= 15 is 0 Å². The van der Waals surface area contributed by atoms with Gasteiger partial charge < -0.3 is 9.47 Å². The first kappa shape index (κ1) is 28.9. The summed E-state index contributed by atoms with van der Waals surface area (Å²) in [5, 5.41) is 3.06. The SMILES string of the molecule is CCOc1c2c(c(OCC)c3ccccc13)C(=O)N(c1ccc(CS(=O)(=O)NC(=O)c3ccc4ccccc4c3)cc1)C2=O. The molecule has 1 aliphatic heterocycles. The monoisotopic (exact) mass is 608 g/mol. The Balaban J connectivity index is 1.26. The fourth-order valence-electron chi connectivity index (χ4n) is 5.45. The Morgan fingerprint density at radius 1 is 0.727 bits per heavy atom. The molecular weight excluding hydrogens is 580 g/mol. The molecule has 0 aromatic heterocycles. The van der Waals surface area contributed by atoms with Crippen LogP contribution in [0.15, 0.2) is 91.0 Å². The van der Waals surface area contributed by atoms with Crippen LogP contribution in [0.3, 0.4) is 0 Å². The Kier molecular flexibility index (Phi) is 7.52. The molecule has 1 N–H and O–H groups in total. The van der Waals surface area contributed by atoms with E-state index in [1.54, 1.807) is 32.0 Å². The van der Waals surface area contributed by atoms with Crippen molar-refractivity contribution in [3.05, 3.63) is 113 Å². The van der Waals surface area contributed by atoms with Gasteiger partial charge in [-0.25, -0.2) is 18.0 Å². The van der Waals surface area contributed by atoms with Crippen LogP contribution in [0.2, 0.25) is 0 Å². The molecule has 6 rings (SSSR count). The number of carbonyl (C=O) groups is 3. The minimum absolute atomic E-state index is 0.127. The molecule has 0 saturated heterocycles. The largest absolute Gasteiger partial charge is 0.492 e. The predicted octanol–water partition coefficient (Wildman–Crippen LogP) is 5.85. The second kappa shape index (κ2) is 11.5. The van der Waals surface area contributed by atoms with Crippen molar-refractivity contribution >= 4 is 55.0 Å². The summed E-state index contributed by atoms with van der Waals surface area (Å²) in [4.78, 5) is 41.3. The van der Waals surface area contributed by atoms with Crippen LogP contribution in [-0.4, -0.2) is 39.4 Å². The lowest BCUT2D eigenvalue weighted by atomic mass is 9.99. The zero-order chi connectivity index (χ0) is 31.0. The van der Waals surface area contributed by atoms with Crippen LogP contribution in [0.4, 0.5) is 5.69 Å². The molecule has 0 aliphatic carbocycles. The van der Waals surface area contributed by atoms with E-state index in [2.05, 4.69) is 4.72 Å². The summed E-state index contributed by atoms with van der Waals surface area (Å²) >= 11 is 0. The van der Waals surface area contributed by atoms with Crippen molar-refractivity contribution in [1.29, 1.82) is 0 Å². The average molecular weight is 609 g/mol. The zero-order valence-electron chi connectivity index (χ0n) is 24.0. The van der Waals surface area contributed by atoms with Gasteiger partial charge >= 0.3 is 0 Å². The van der Waals surface area contributed by atoms with Gasteiger partial charge in [-0.15, -0.1) is 0 Å². The van der Waals surface area contributed by atoms with E-state index in [0.717, 1.165) is 15.7 Å². The molecule has 0 fully saturated rings. The summed E-state index contributed by atoms with van der Waals surface area (Å²) in [6, 6.07) is 25.7. The first-order chi connectivity index (χ1) is 21.2. The first-order valence-corrected chi connectivity index (χ1v) is 15.7. The topological polar surface area (TPSA) is 119 Å². The zero-order valence-corrected chi connectivity index (χ0v) is 24.8. The highest BCUT2D eigenvalue weighted by molar-refractivity contribution is 7.89. The van der Waals surface area contributed by atoms with Crippen LogP contribution in [0.5, 0.6) is 11.5 Å². The fourth-order valence-corrected chi connectivity index (χ4v) is 6.55. The van der Waals surface area contributed by atoms with Crippen molar-refractivity contribution in [3.8, 4) is 11.5 Å². The summed E-state index contributed by atoms with van der Waals surface area (Å²) in [6.45, 7) is 4.17. The van der Waals surface area contributed by atoms with E-state index < -0.39 is 33.5 Å². The maximum atomic E-state index is 13.8. The summed E-state index contributed by atoms with van der Waals surface area (Å²) in [7, 11) is -4.06. The van der Waals surface area contributed by atoms with Crippen LogP contribution >= 0.6 is 0 Å². The van der Waals surface area contributed by atoms with E-state index in [-0.39, 0.29) is 35.6 Å². The second-order valence-electron chi connectivity index (χ2n) is 10.2. The average Bonchev–Trinajstić information content (AvgIpc) is 3.28. The lowest BCUT2D eigenvalue weighted by molar-refractivity contribution is 0.0922. The molecule has 5 aromatic rings. The molecule has 1 aliphatic rings. The number of benzene rings is 5. The van der Waals surface area contributed by atoms with Crippen molar-refractivity contribution in [2.75, 3.05) is 18.1 Å². The van der Waals surface area contributed by atoms with E-state index in [1.807, 2.05) is 48.5 Å². The Hall–Kier alpha value is -5.22. The lowest BCUT2D eigenvalue weighted by Gasteiger charge is -2.15. The maximum Gasteiger partial charge on any atom is 0.270 e. The molecule has 5 aromatic carbocycles. The minimum Gasteiger partial charge on any atom is -0.492 e. The number of hydrogen-bond acceptors (Lipinski definition) is 7. The predicted molar refractivity (Wildman–Crippen MR) is 168 cm³/mol. The molecule has 1 heterocycles. The normalized spacial score (nSPS) is 12.9. The van der Waals surface area contributed by atoms with Gasteiger partial charge in [-0.1, -0.05) is 66.7 Å². The van der Waals surface area contributed by atoms with Gasteiger partial charge in [-0.2, -0.15) is 0 Å². The van der Waals surface area contributed by atoms with Gasteiger partial charge in [0.1, 0.15) is 11.5 Å². The third-order valence-electron chi connectivity index (χ3n) is 7.34. The molecule has 0 radical (unpaired) electrons. The highest BCUT2D eigenvalue weighted by Gasteiger charge is 2.43. The third kappa shape index (κ3) is 5.13. The molecule has 0 unspecified atom stereocenters. The van der Waals surface area contributed by atoms with E-state index in [4.69, 9.17) is 9.47 Å². The van der Waals surface area contributed by atoms with Gasteiger partial charge in [-0.05, 0) is 54.4 Å². The molecule has 9 nitrogen and oxygen atoms in total. The number of rotatable bonds is 9. The Bertz CT molecular complexity index is 2010. The number of amides is 3. The van der Waals surface area contributed by atoms with E-state index in [0.29, 0.717) is 27.8 Å². The van der Waals surface area contributed by atoms with Gasteiger partial charge in [0.2, 0.25) is 10.0 Å². The quantitative estimate of drug-likeness (QED) is 0.209. The second-order valence-corrected chi connectivity index (χ2v) is 11.9. The van der Waals surface area contributed by atoms with Crippen LogP contribution in [-0.2, 0) is 15.8 Å². The van der Waals surface area contributed by atoms with Crippen molar-refractivity contribution < 1.29 is 32.3 Å². The Morgan fingerprint density at radius 3 is 1.84 bits per heavy atom. The highest BCUT2D eigenvalue weighted by atomic mass is 32.2. The molecule has 0 saturated carbocycles. The number of fused-ring (bicyclic) bond motifs is 3. The Labute approximate surface area is 254 Å². The fraction of sp³-hybridized carbons (Fsp3) is 0.147. The van der Waals surface area contributed by atoms with Crippen LogP contribution in [0.25, 0.3) is 21.5 Å². The molecule has 3 amide bonds. The molecular formula is C34H28N2O7S. The molecule has 222 valence electrons. The molecule has 44 heavy (non-hydrogen) atoms. The summed E-state index contributed by atoms with van der Waals surface area (Å²) in [5.41, 5.74) is 1.09. The van der Waals surface area contributed by atoms with E-state index in [1.165, 1.54) is 24.3 Å². The van der Waals surface area contributed by atoms with Gasteiger partial charge in [0.05, 0.1) is 35.8 Å². The Morgan fingerprint density at radius 2 is 1.27 bits per heavy atom. The van der Waals surface area contributed by atoms with Crippen molar-refractivity contribution in [1.82, 2.24) is 4.72 Å². The van der Waals surface area contributed by atoms with Crippen molar-refractivity contribution in [2.45, 2.75) is 19.6 Å². The van der Waals surface area contributed by atoms with Gasteiger partial charge in [-0.3, -0.25) is 14.4 Å². The van der Waals surface area contributed by atoms with E-state index in [9.17, 15) is 22.8 Å². The number of ether oxygens (including phenoxy) is 2. The molecule has 0 spiro atoms. The van der Waals surface area contributed by atoms with Gasteiger partial charge in [0, 0.05) is 16.3 Å². The number of imide groups is 1. The van der Waals surface area contributed by atoms with Crippen LogP contribution in [0.1, 0.15) is 50.5 Å². The lowest BCUT2D eigenvalue weighted by Crippen LogP contribution is -2.31. The highest BCUT2D eigenvalue weighted by Crippen LogP contribution is 2.46. The molecule has 10 heteroatoms. The van der Waals surface area contributed by atoms with Crippen LogP contribution < -0.4 is 19.1 Å². The number of nitrogens with zero attached hydrogens (tertiary/aromatic N) is 1. The van der Waals surface area contributed by atoms with Gasteiger partial charge in [0.15, 0.2) is 0 Å². The molecule has 0 bridgehead atoms. The van der Waals surface area contributed by atoms with Crippen molar-refractivity contribution in [2.24, 2.45) is 0 Å². The van der Waals surface area contributed by atoms with Gasteiger partial charge in [0.25, 0.3) is 17.7 Å². The summed E-state index contributed by atoms with van der Waals surface area (Å²) < 4.78 is 39.7. The van der Waals surface area contributed by atoms with Crippen molar-refractivity contribution in [3.63, 3.8) is 0 Å².